The molecule has 3 heteroatoms. The minimum absolute atomic E-state index is 0.397. The van der Waals surface area contributed by atoms with Crippen LogP contribution in [0.4, 0.5) is 0 Å². The molecule has 1 saturated carbocycles. The molecule has 1 aliphatic carbocycles. The minimum Gasteiger partial charge on any atom is -0.489 e. The van der Waals surface area contributed by atoms with Crippen LogP contribution in [0.1, 0.15) is 24.0 Å². The standard InChI is InChI=1S/C13H18ClNO/c1-9-7-10(5-6-15-2)13(12(14)8-9)16-11-3-4-11/h7-8,11,15H,3-6H2,1-2H3. The first-order chi connectivity index (χ1) is 7.70. The molecule has 0 aliphatic heterocycles. The summed E-state index contributed by atoms with van der Waals surface area (Å²) >= 11 is 6.24. The minimum atomic E-state index is 0.397. The van der Waals surface area contributed by atoms with Crippen LogP contribution in [-0.4, -0.2) is 19.7 Å². The molecule has 88 valence electrons. The number of hydrogen-bond donors (Lipinski definition) is 1. The Kier molecular flexibility index (Phi) is 3.72. The summed E-state index contributed by atoms with van der Waals surface area (Å²) in [5, 5.41) is 3.90. The van der Waals surface area contributed by atoms with Crippen LogP contribution in [0.3, 0.4) is 0 Å². The highest BCUT2D eigenvalue weighted by Crippen LogP contribution is 2.35. The van der Waals surface area contributed by atoms with Crippen molar-refractivity contribution in [3.8, 4) is 5.75 Å². The maximum atomic E-state index is 6.24. The van der Waals surface area contributed by atoms with Crippen molar-refractivity contribution in [3.05, 3.63) is 28.3 Å². The van der Waals surface area contributed by atoms with Crippen molar-refractivity contribution in [1.82, 2.24) is 5.32 Å². The molecular formula is C13H18ClNO. The maximum Gasteiger partial charge on any atom is 0.141 e. The van der Waals surface area contributed by atoms with Gasteiger partial charge < -0.3 is 10.1 Å². The van der Waals surface area contributed by atoms with Gasteiger partial charge >= 0.3 is 0 Å². The Balaban J connectivity index is 2.22. The SMILES string of the molecule is CNCCc1cc(C)cc(Cl)c1OC1CC1. The van der Waals surface area contributed by atoms with Gasteiger partial charge in [0, 0.05) is 0 Å². The van der Waals surface area contributed by atoms with E-state index < -0.39 is 0 Å². The summed E-state index contributed by atoms with van der Waals surface area (Å²) in [6.07, 6.45) is 3.68. The summed E-state index contributed by atoms with van der Waals surface area (Å²) in [6, 6.07) is 4.14. The molecular weight excluding hydrogens is 222 g/mol. The van der Waals surface area contributed by atoms with E-state index in [1.54, 1.807) is 0 Å². The van der Waals surface area contributed by atoms with Gasteiger partial charge in [-0.1, -0.05) is 17.7 Å². The highest BCUT2D eigenvalue weighted by atomic mass is 35.5. The summed E-state index contributed by atoms with van der Waals surface area (Å²) in [5.41, 5.74) is 2.41. The Morgan fingerprint density at radius 1 is 1.44 bits per heavy atom. The van der Waals surface area contributed by atoms with Gasteiger partial charge in [0.25, 0.3) is 0 Å². The molecule has 0 amide bonds. The zero-order valence-electron chi connectivity index (χ0n) is 9.85. The first kappa shape index (κ1) is 11.7. The van der Waals surface area contributed by atoms with Crippen LogP contribution in [0.25, 0.3) is 0 Å². The van der Waals surface area contributed by atoms with Gasteiger partial charge in [-0.05, 0) is 57.0 Å². The molecule has 0 unspecified atom stereocenters. The van der Waals surface area contributed by atoms with Crippen molar-refractivity contribution < 1.29 is 4.74 Å². The van der Waals surface area contributed by atoms with Gasteiger partial charge in [0.15, 0.2) is 0 Å². The lowest BCUT2D eigenvalue weighted by Crippen LogP contribution is -2.12. The molecule has 1 aliphatic rings. The second-order valence-electron chi connectivity index (χ2n) is 4.41. The van der Waals surface area contributed by atoms with Crippen molar-refractivity contribution in [2.45, 2.75) is 32.3 Å². The molecule has 2 nitrogen and oxygen atoms in total. The van der Waals surface area contributed by atoms with E-state index in [9.17, 15) is 0 Å². The van der Waals surface area contributed by atoms with E-state index in [-0.39, 0.29) is 0 Å². The van der Waals surface area contributed by atoms with Gasteiger partial charge in [-0.2, -0.15) is 0 Å². The number of halogens is 1. The van der Waals surface area contributed by atoms with Crippen molar-refractivity contribution in [2.75, 3.05) is 13.6 Å². The van der Waals surface area contributed by atoms with Gasteiger partial charge in [0.05, 0.1) is 11.1 Å². The first-order valence-corrected chi connectivity index (χ1v) is 6.19. The van der Waals surface area contributed by atoms with Gasteiger partial charge in [0.1, 0.15) is 5.75 Å². The molecule has 0 aromatic heterocycles. The summed E-state index contributed by atoms with van der Waals surface area (Å²) in [5.74, 6) is 0.894. The molecule has 0 spiro atoms. The van der Waals surface area contributed by atoms with Gasteiger partial charge in [-0.3, -0.25) is 0 Å². The van der Waals surface area contributed by atoms with Crippen LogP contribution in [0.2, 0.25) is 5.02 Å². The fraction of sp³-hybridized carbons (Fsp3) is 0.538. The van der Waals surface area contributed by atoms with Crippen molar-refractivity contribution in [1.29, 1.82) is 0 Å². The Hall–Kier alpha value is -0.730. The van der Waals surface area contributed by atoms with E-state index in [4.69, 9.17) is 16.3 Å². The summed E-state index contributed by atoms with van der Waals surface area (Å²) in [4.78, 5) is 0. The van der Waals surface area contributed by atoms with Crippen molar-refractivity contribution in [3.63, 3.8) is 0 Å². The summed E-state index contributed by atoms with van der Waals surface area (Å²) in [7, 11) is 1.96. The number of hydrogen-bond acceptors (Lipinski definition) is 2. The van der Waals surface area contributed by atoms with Crippen molar-refractivity contribution >= 4 is 11.6 Å². The van der Waals surface area contributed by atoms with E-state index >= 15 is 0 Å². The van der Waals surface area contributed by atoms with Crippen LogP contribution in [-0.2, 0) is 6.42 Å². The number of benzene rings is 1. The molecule has 0 saturated heterocycles. The Morgan fingerprint density at radius 3 is 2.81 bits per heavy atom. The lowest BCUT2D eigenvalue weighted by atomic mass is 10.1. The molecule has 0 bridgehead atoms. The van der Waals surface area contributed by atoms with Crippen LogP contribution >= 0.6 is 11.6 Å². The van der Waals surface area contributed by atoms with Gasteiger partial charge in [0.2, 0.25) is 0 Å². The molecule has 2 rings (SSSR count). The molecule has 1 aromatic rings. The third-order valence-electron chi connectivity index (χ3n) is 2.72. The fourth-order valence-electron chi connectivity index (χ4n) is 1.73. The molecule has 0 radical (unpaired) electrons. The van der Waals surface area contributed by atoms with Gasteiger partial charge in [-0.15, -0.1) is 0 Å². The quantitative estimate of drug-likeness (QED) is 0.853. The monoisotopic (exact) mass is 239 g/mol. The number of rotatable bonds is 5. The van der Waals surface area contributed by atoms with E-state index in [0.717, 1.165) is 36.6 Å². The number of aryl methyl sites for hydroxylation is 1. The topological polar surface area (TPSA) is 21.3 Å². The first-order valence-electron chi connectivity index (χ1n) is 5.81. The fourth-order valence-corrected chi connectivity index (χ4v) is 2.07. The summed E-state index contributed by atoms with van der Waals surface area (Å²) in [6.45, 7) is 3.01. The lowest BCUT2D eigenvalue weighted by molar-refractivity contribution is 0.300. The van der Waals surface area contributed by atoms with Crippen LogP contribution in [0.15, 0.2) is 12.1 Å². The molecule has 1 fully saturated rings. The van der Waals surface area contributed by atoms with Crippen LogP contribution in [0.5, 0.6) is 5.75 Å². The van der Waals surface area contributed by atoms with E-state index in [1.165, 1.54) is 11.1 Å². The number of nitrogens with one attached hydrogen (secondary N) is 1. The highest BCUT2D eigenvalue weighted by molar-refractivity contribution is 6.32. The highest BCUT2D eigenvalue weighted by Gasteiger charge is 2.25. The third-order valence-corrected chi connectivity index (χ3v) is 3.00. The molecule has 16 heavy (non-hydrogen) atoms. The molecule has 0 heterocycles. The second kappa shape index (κ2) is 5.07. The second-order valence-corrected chi connectivity index (χ2v) is 4.81. The largest absolute Gasteiger partial charge is 0.489 e. The number of likely N-dealkylation sites (N-methyl/N-ethyl adjacent to an activating group) is 1. The molecule has 0 atom stereocenters. The van der Waals surface area contributed by atoms with Crippen LogP contribution in [0, 0.1) is 6.92 Å². The average Bonchev–Trinajstić information content (AvgIpc) is 3.03. The predicted octanol–water partition coefficient (Wildman–Crippen LogP) is 2.95. The summed E-state index contributed by atoms with van der Waals surface area (Å²) < 4.78 is 5.88. The molecule has 1 aromatic carbocycles. The van der Waals surface area contributed by atoms with Gasteiger partial charge in [-0.25, -0.2) is 0 Å². The third kappa shape index (κ3) is 2.89. The van der Waals surface area contributed by atoms with E-state index in [0.29, 0.717) is 6.10 Å². The Bertz CT molecular complexity index is 374. The lowest BCUT2D eigenvalue weighted by Gasteiger charge is -2.13. The Labute approximate surface area is 102 Å². The van der Waals surface area contributed by atoms with Crippen LogP contribution < -0.4 is 10.1 Å². The Morgan fingerprint density at radius 2 is 2.19 bits per heavy atom. The molecule has 1 N–H and O–H groups in total. The van der Waals surface area contributed by atoms with E-state index in [1.807, 2.05) is 13.1 Å². The van der Waals surface area contributed by atoms with Crippen molar-refractivity contribution in [2.24, 2.45) is 0 Å². The number of ether oxygens (including phenoxy) is 1. The average molecular weight is 240 g/mol. The predicted molar refractivity (Wildman–Crippen MR) is 67.5 cm³/mol. The maximum absolute atomic E-state index is 6.24. The van der Waals surface area contributed by atoms with E-state index in [2.05, 4.69) is 18.3 Å². The zero-order chi connectivity index (χ0) is 11.5. The normalized spacial score (nSPS) is 15.2. The zero-order valence-corrected chi connectivity index (χ0v) is 10.6. The smallest absolute Gasteiger partial charge is 0.141 e.